The first-order valence-electron chi connectivity index (χ1n) is 14.7. The Morgan fingerprint density at radius 3 is 1.88 bits per heavy atom. The summed E-state index contributed by atoms with van der Waals surface area (Å²) in [5, 5.41) is 0. The van der Waals surface area contributed by atoms with Gasteiger partial charge in [0.1, 0.15) is 6.10 Å². The van der Waals surface area contributed by atoms with E-state index in [1.54, 1.807) is 7.11 Å². The normalized spacial score (nSPS) is 26.8. The first kappa shape index (κ1) is 29.9. The second-order valence-electron chi connectivity index (χ2n) is 11.9. The van der Waals surface area contributed by atoms with Crippen molar-refractivity contribution in [2.45, 2.75) is 89.7 Å². The molecule has 0 spiro atoms. The number of ether oxygens (including phenoxy) is 6. The second kappa shape index (κ2) is 13.6. The van der Waals surface area contributed by atoms with Crippen molar-refractivity contribution in [3.05, 3.63) is 108 Å². The van der Waals surface area contributed by atoms with Crippen molar-refractivity contribution in [1.29, 1.82) is 0 Å². The van der Waals surface area contributed by atoms with E-state index in [4.69, 9.17) is 28.4 Å². The summed E-state index contributed by atoms with van der Waals surface area (Å²) >= 11 is 0. The summed E-state index contributed by atoms with van der Waals surface area (Å²) in [5.41, 5.74) is 3.04. The molecule has 6 atom stereocenters. The summed E-state index contributed by atoms with van der Waals surface area (Å²) in [4.78, 5) is 0. The Labute approximate surface area is 244 Å². The van der Waals surface area contributed by atoms with Crippen molar-refractivity contribution >= 4 is 0 Å². The van der Waals surface area contributed by atoms with Crippen molar-refractivity contribution in [3.8, 4) is 0 Å². The minimum absolute atomic E-state index is 0.157. The van der Waals surface area contributed by atoms with E-state index >= 15 is 0 Å². The van der Waals surface area contributed by atoms with Crippen LogP contribution in [0.15, 0.2) is 91.0 Å². The lowest BCUT2D eigenvalue weighted by atomic mass is 9.78. The number of rotatable bonds is 13. The highest BCUT2D eigenvalue weighted by Gasteiger charge is 2.64. The van der Waals surface area contributed by atoms with Crippen LogP contribution in [0.2, 0.25) is 0 Å². The molecule has 2 aliphatic rings. The molecular formula is C35H44O6. The number of benzene rings is 3. The molecule has 2 fully saturated rings. The molecule has 220 valence electrons. The van der Waals surface area contributed by atoms with Crippen LogP contribution in [0.4, 0.5) is 0 Å². The van der Waals surface area contributed by atoms with Crippen LogP contribution in [-0.4, -0.2) is 50.0 Å². The molecule has 6 heteroatoms. The summed E-state index contributed by atoms with van der Waals surface area (Å²) in [5.74, 6) is -0.921. The lowest BCUT2D eigenvalue weighted by Gasteiger charge is -2.50. The third kappa shape index (κ3) is 7.08. The molecule has 0 saturated carbocycles. The Hall–Kier alpha value is -2.58. The molecular weight excluding hydrogens is 516 g/mol. The standard InChI is InChI=1S/C35H44O6/c1-26(37-22-27-14-8-5-9-15-27)31(38-23-28-16-10-6-11-17-28)20-30-21-32(39-24-29-18-12-7-13-19-29)33-35(36-4,41-30)34(2,3)25-40-33/h5-19,26,30-33H,20-25H2,1-4H3/t26-,30-,31-,32-,33+,35-/m1/s1. The average molecular weight is 561 g/mol. The molecule has 5 rings (SSSR count). The minimum atomic E-state index is -0.921. The Balaban J connectivity index is 1.34. The zero-order valence-electron chi connectivity index (χ0n) is 24.7. The quantitative estimate of drug-likeness (QED) is 0.232. The second-order valence-corrected chi connectivity index (χ2v) is 11.9. The highest BCUT2D eigenvalue weighted by atomic mass is 16.7. The van der Waals surface area contributed by atoms with Crippen molar-refractivity contribution in [3.63, 3.8) is 0 Å². The van der Waals surface area contributed by atoms with Crippen LogP contribution in [0, 0.1) is 5.41 Å². The zero-order chi connectivity index (χ0) is 28.7. The van der Waals surface area contributed by atoms with Crippen LogP contribution in [0.5, 0.6) is 0 Å². The summed E-state index contributed by atoms with van der Waals surface area (Å²) in [7, 11) is 1.72. The third-order valence-electron chi connectivity index (χ3n) is 8.41. The maximum Gasteiger partial charge on any atom is 0.204 e. The Morgan fingerprint density at radius 2 is 1.32 bits per heavy atom. The lowest BCUT2D eigenvalue weighted by molar-refractivity contribution is -0.345. The van der Waals surface area contributed by atoms with E-state index in [1.807, 2.05) is 54.6 Å². The van der Waals surface area contributed by atoms with E-state index in [-0.39, 0.29) is 35.9 Å². The van der Waals surface area contributed by atoms with Crippen molar-refractivity contribution in [1.82, 2.24) is 0 Å². The summed E-state index contributed by atoms with van der Waals surface area (Å²) in [6.45, 7) is 8.42. The average Bonchev–Trinajstić information content (AvgIpc) is 3.28. The summed E-state index contributed by atoms with van der Waals surface area (Å²) in [6, 6.07) is 30.7. The molecule has 0 aromatic heterocycles. The van der Waals surface area contributed by atoms with Gasteiger partial charge >= 0.3 is 0 Å². The number of methoxy groups -OCH3 is 1. The van der Waals surface area contributed by atoms with E-state index in [2.05, 4.69) is 57.2 Å². The van der Waals surface area contributed by atoms with E-state index in [1.165, 1.54) is 0 Å². The Bertz CT molecular complexity index is 1190. The Morgan fingerprint density at radius 1 is 0.780 bits per heavy atom. The maximum absolute atomic E-state index is 6.88. The van der Waals surface area contributed by atoms with Gasteiger partial charge in [-0.1, -0.05) is 105 Å². The SMILES string of the molecule is CO[C@@]12O[C@H](C[C@@H](OCc3ccccc3)[C@@H](C)OCc3ccccc3)C[C@@H](OCc3ccccc3)[C@@H]1OCC2(C)C. The van der Waals surface area contributed by atoms with Gasteiger partial charge in [-0.3, -0.25) is 0 Å². The molecule has 6 nitrogen and oxygen atoms in total. The van der Waals surface area contributed by atoms with Gasteiger partial charge in [-0.25, -0.2) is 0 Å². The molecule has 0 unspecified atom stereocenters. The molecule has 3 aromatic rings. The fourth-order valence-electron chi connectivity index (χ4n) is 6.01. The van der Waals surface area contributed by atoms with Crippen molar-refractivity contribution < 1.29 is 28.4 Å². The van der Waals surface area contributed by atoms with Gasteiger partial charge in [-0.15, -0.1) is 0 Å². The molecule has 2 saturated heterocycles. The van der Waals surface area contributed by atoms with Gasteiger partial charge < -0.3 is 28.4 Å². The number of hydrogen-bond acceptors (Lipinski definition) is 6. The molecule has 0 bridgehead atoms. The minimum Gasteiger partial charge on any atom is -0.371 e. The highest BCUT2D eigenvalue weighted by molar-refractivity contribution is 5.15. The Kier molecular flexibility index (Phi) is 9.91. The van der Waals surface area contributed by atoms with Crippen LogP contribution in [0.25, 0.3) is 0 Å². The van der Waals surface area contributed by atoms with Crippen molar-refractivity contribution in [2.75, 3.05) is 13.7 Å². The first-order chi connectivity index (χ1) is 19.9. The van der Waals surface area contributed by atoms with E-state index in [9.17, 15) is 0 Å². The van der Waals surface area contributed by atoms with E-state index in [0.29, 0.717) is 39.3 Å². The topological polar surface area (TPSA) is 55.4 Å². The summed E-state index contributed by atoms with van der Waals surface area (Å²) in [6.07, 6.45) is 0.280. The van der Waals surface area contributed by atoms with Gasteiger partial charge in [-0.2, -0.15) is 0 Å². The molecule has 0 N–H and O–H groups in total. The molecule has 2 aliphatic heterocycles. The van der Waals surface area contributed by atoms with Crippen LogP contribution in [-0.2, 0) is 48.2 Å². The largest absolute Gasteiger partial charge is 0.371 e. The first-order valence-corrected chi connectivity index (χ1v) is 14.7. The van der Waals surface area contributed by atoms with Gasteiger partial charge in [-0.05, 0) is 23.6 Å². The van der Waals surface area contributed by atoms with Gasteiger partial charge in [0.25, 0.3) is 0 Å². The smallest absolute Gasteiger partial charge is 0.204 e. The van der Waals surface area contributed by atoms with Crippen LogP contribution in [0.1, 0.15) is 50.3 Å². The molecule has 0 aliphatic carbocycles. The molecule has 41 heavy (non-hydrogen) atoms. The number of fused-ring (bicyclic) bond motifs is 1. The van der Waals surface area contributed by atoms with Crippen LogP contribution >= 0.6 is 0 Å². The lowest BCUT2D eigenvalue weighted by Crippen LogP contribution is -2.63. The van der Waals surface area contributed by atoms with Gasteiger partial charge in [0.05, 0.1) is 50.8 Å². The maximum atomic E-state index is 6.88. The predicted molar refractivity (Wildman–Crippen MR) is 158 cm³/mol. The fraction of sp³-hybridized carbons (Fsp3) is 0.486. The predicted octanol–water partition coefficient (Wildman–Crippen LogP) is 6.71. The zero-order valence-corrected chi connectivity index (χ0v) is 24.7. The monoisotopic (exact) mass is 560 g/mol. The highest BCUT2D eigenvalue weighted by Crippen LogP contribution is 2.51. The third-order valence-corrected chi connectivity index (χ3v) is 8.41. The molecule has 3 aromatic carbocycles. The summed E-state index contributed by atoms with van der Waals surface area (Å²) < 4.78 is 38.9. The molecule has 0 radical (unpaired) electrons. The number of hydrogen-bond donors (Lipinski definition) is 0. The van der Waals surface area contributed by atoms with Gasteiger partial charge in [0.2, 0.25) is 5.79 Å². The van der Waals surface area contributed by atoms with E-state index < -0.39 is 5.79 Å². The molecule has 0 amide bonds. The molecule has 2 heterocycles. The van der Waals surface area contributed by atoms with Crippen LogP contribution < -0.4 is 0 Å². The van der Waals surface area contributed by atoms with E-state index in [0.717, 1.165) is 16.7 Å². The fourth-order valence-corrected chi connectivity index (χ4v) is 6.01. The van der Waals surface area contributed by atoms with Crippen LogP contribution in [0.3, 0.4) is 0 Å². The van der Waals surface area contributed by atoms with Gasteiger partial charge in [0, 0.05) is 25.4 Å². The van der Waals surface area contributed by atoms with Gasteiger partial charge in [0.15, 0.2) is 0 Å². The van der Waals surface area contributed by atoms with Crippen molar-refractivity contribution in [2.24, 2.45) is 5.41 Å².